The highest BCUT2D eigenvalue weighted by atomic mass is 35.5. The Morgan fingerprint density at radius 2 is 2.20 bits per heavy atom. The van der Waals surface area contributed by atoms with Crippen molar-refractivity contribution in [1.82, 2.24) is 5.32 Å². The summed E-state index contributed by atoms with van der Waals surface area (Å²) in [5.41, 5.74) is 2.60. The number of anilines is 1. The summed E-state index contributed by atoms with van der Waals surface area (Å²) in [5, 5.41) is 4.19. The average Bonchev–Trinajstić information content (AvgIpc) is 2.17. The van der Waals surface area contributed by atoms with Gasteiger partial charge in [0.2, 0.25) is 0 Å². The minimum atomic E-state index is 0.412. The van der Waals surface area contributed by atoms with Gasteiger partial charge in [0.1, 0.15) is 0 Å². The first-order valence-electron chi connectivity index (χ1n) is 5.31. The Kier molecular flexibility index (Phi) is 2.89. The molecule has 0 saturated heterocycles. The minimum absolute atomic E-state index is 0.412. The van der Waals surface area contributed by atoms with Crippen molar-refractivity contribution >= 4 is 17.3 Å². The number of nitrogens with one attached hydrogen (secondary N) is 1. The molecule has 0 fully saturated rings. The van der Waals surface area contributed by atoms with Crippen LogP contribution >= 0.6 is 11.6 Å². The summed E-state index contributed by atoms with van der Waals surface area (Å²) < 4.78 is 0. The normalized spacial score (nSPS) is 25.2. The number of hydrogen-bond donors (Lipinski definition) is 1. The van der Waals surface area contributed by atoms with Crippen molar-refractivity contribution in [1.29, 1.82) is 0 Å². The molecule has 0 saturated carbocycles. The first-order valence-corrected chi connectivity index (χ1v) is 5.69. The standard InChI is InChI=1S/C12H17ClN2/c1-8-7-15(3)11-5-4-9(13)6-10(11)12(8)14-2/h4-6,8,12,14H,7H2,1-3H3. The van der Waals surface area contributed by atoms with Gasteiger partial charge in [0.05, 0.1) is 0 Å². The third-order valence-corrected chi connectivity index (χ3v) is 3.41. The molecular weight excluding hydrogens is 208 g/mol. The molecule has 1 heterocycles. The Labute approximate surface area is 96.2 Å². The van der Waals surface area contributed by atoms with Crippen molar-refractivity contribution in [3.8, 4) is 0 Å². The van der Waals surface area contributed by atoms with Crippen molar-refractivity contribution in [3.05, 3.63) is 28.8 Å². The van der Waals surface area contributed by atoms with Gasteiger partial charge in [0.15, 0.2) is 0 Å². The highest BCUT2D eigenvalue weighted by Crippen LogP contribution is 2.37. The van der Waals surface area contributed by atoms with Crippen LogP contribution in [-0.4, -0.2) is 20.6 Å². The zero-order chi connectivity index (χ0) is 11.0. The van der Waals surface area contributed by atoms with Gasteiger partial charge in [-0.3, -0.25) is 0 Å². The molecule has 1 aromatic carbocycles. The van der Waals surface area contributed by atoms with Gasteiger partial charge in [-0.05, 0) is 36.7 Å². The van der Waals surface area contributed by atoms with Crippen molar-refractivity contribution in [3.63, 3.8) is 0 Å². The molecule has 1 aliphatic rings. The molecule has 0 spiro atoms. The van der Waals surface area contributed by atoms with Gasteiger partial charge in [-0.2, -0.15) is 0 Å². The van der Waals surface area contributed by atoms with Crippen LogP contribution in [0.1, 0.15) is 18.5 Å². The van der Waals surface area contributed by atoms with Crippen LogP contribution in [-0.2, 0) is 0 Å². The fourth-order valence-electron chi connectivity index (χ4n) is 2.50. The lowest BCUT2D eigenvalue weighted by molar-refractivity contribution is 0.397. The van der Waals surface area contributed by atoms with Gasteiger partial charge in [-0.25, -0.2) is 0 Å². The number of nitrogens with zero attached hydrogens (tertiary/aromatic N) is 1. The van der Waals surface area contributed by atoms with Gasteiger partial charge in [0, 0.05) is 30.3 Å². The van der Waals surface area contributed by atoms with Gasteiger partial charge in [-0.1, -0.05) is 18.5 Å². The predicted octanol–water partition coefficient (Wildman–Crippen LogP) is 2.69. The molecule has 2 rings (SSSR count). The Hall–Kier alpha value is -0.730. The number of halogens is 1. The van der Waals surface area contributed by atoms with E-state index < -0.39 is 0 Å². The maximum atomic E-state index is 6.05. The average molecular weight is 225 g/mol. The SMILES string of the molecule is CNC1c2cc(Cl)ccc2N(C)CC1C. The quantitative estimate of drug-likeness (QED) is 0.789. The maximum Gasteiger partial charge on any atom is 0.0413 e. The van der Waals surface area contributed by atoms with Crippen molar-refractivity contribution in [2.75, 3.05) is 25.5 Å². The van der Waals surface area contributed by atoms with Crippen molar-refractivity contribution in [2.45, 2.75) is 13.0 Å². The zero-order valence-electron chi connectivity index (χ0n) is 9.42. The van der Waals surface area contributed by atoms with Crippen LogP contribution in [0.5, 0.6) is 0 Å². The third-order valence-electron chi connectivity index (χ3n) is 3.18. The van der Waals surface area contributed by atoms with E-state index in [9.17, 15) is 0 Å². The Balaban J connectivity index is 2.49. The molecule has 15 heavy (non-hydrogen) atoms. The zero-order valence-corrected chi connectivity index (χ0v) is 10.2. The van der Waals surface area contributed by atoms with Crippen LogP contribution in [0.2, 0.25) is 5.02 Å². The molecule has 1 aromatic rings. The van der Waals surface area contributed by atoms with Gasteiger partial charge in [-0.15, -0.1) is 0 Å². The molecule has 82 valence electrons. The Bertz CT molecular complexity index is 365. The lowest BCUT2D eigenvalue weighted by Crippen LogP contribution is -2.38. The molecule has 2 unspecified atom stereocenters. The van der Waals surface area contributed by atoms with Crippen LogP contribution in [0.25, 0.3) is 0 Å². The molecule has 0 amide bonds. The highest BCUT2D eigenvalue weighted by molar-refractivity contribution is 6.30. The molecule has 1 N–H and O–H groups in total. The second-order valence-corrected chi connectivity index (χ2v) is 4.76. The summed E-state index contributed by atoms with van der Waals surface area (Å²) in [6, 6.07) is 6.55. The van der Waals surface area contributed by atoms with E-state index in [0.717, 1.165) is 11.6 Å². The van der Waals surface area contributed by atoms with Crippen LogP contribution in [0.3, 0.4) is 0 Å². The van der Waals surface area contributed by atoms with E-state index in [4.69, 9.17) is 11.6 Å². The van der Waals surface area contributed by atoms with Gasteiger partial charge < -0.3 is 10.2 Å². The van der Waals surface area contributed by atoms with Crippen LogP contribution < -0.4 is 10.2 Å². The van der Waals surface area contributed by atoms with Gasteiger partial charge in [0.25, 0.3) is 0 Å². The molecule has 0 aliphatic carbocycles. The first kappa shape index (κ1) is 10.8. The first-order chi connectivity index (χ1) is 7.13. The van der Waals surface area contributed by atoms with E-state index in [-0.39, 0.29) is 0 Å². The lowest BCUT2D eigenvalue weighted by Gasteiger charge is -2.37. The summed E-state index contributed by atoms with van der Waals surface area (Å²) in [5.74, 6) is 0.603. The predicted molar refractivity (Wildman–Crippen MR) is 65.7 cm³/mol. The number of benzene rings is 1. The van der Waals surface area contributed by atoms with E-state index in [1.165, 1.54) is 11.3 Å². The lowest BCUT2D eigenvalue weighted by atomic mass is 9.89. The molecule has 0 bridgehead atoms. The second-order valence-electron chi connectivity index (χ2n) is 4.33. The summed E-state index contributed by atoms with van der Waals surface area (Å²) in [6.45, 7) is 3.35. The number of rotatable bonds is 1. The second kappa shape index (κ2) is 4.03. The molecule has 0 radical (unpaired) electrons. The topological polar surface area (TPSA) is 15.3 Å². The summed E-state index contributed by atoms with van der Waals surface area (Å²) in [4.78, 5) is 2.30. The Morgan fingerprint density at radius 1 is 1.47 bits per heavy atom. The fourth-order valence-corrected chi connectivity index (χ4v) is 2.68. The largest absolute Gasteiger partial charge is 0.374 e. The van der Waals surface area contributed by atoms with E-state index in [1.807, 2.05) is 13.1 Å². The number of fused-ring (bicyclic) bond motifs is 1. The van der Waals surface area contributed by atoms with E-state index in [2.05, 4.69) is 36.3 Å². The van der Waals surface area contributed by atoms with Gasteiger partial charge >= 0.3 is 0 Å². The third kappa shape index (κ3) is 1.84. The molecule has 2 nitrogen and oxygen atoms in total. The maximum absolute atomic E-state index is 6.05. The smallest absolute Gasteiger partial charge is 0.0413 e. The van der Waals surface area contributed by atoms with E-state index in [0.29, 0.717) is 12.0 Å². The molecule has 3 heteroatoms. The fraction of sp³-hybridized carbons (Fsp3) is 0.500. The highest BCUT2D eigenvalue weighted by Gasteiger charge is 2.27. The molecule has 1 aliphatic heterocycles. The molecular formula is C12H17ClN2. The summed E-state index contributed by atoms with van der Waals surface area (Å²) >= 11 is 6.05. The molecule has 0 aromatic heterocycles. The monoisotopic (exact) mass is 224 g/mol. The van der Waals surface area contributed by atoms with E-state index >= 15 is 0 Å². The number of hydrogen-bond acceptors (Lipinski definition) is 2. The van der Waals surface area contributed by atoms with Crippen molar-refractivity contribution in [2.24, 2.45) is 5.92 Å². The minimum Gasteiger partial charge on any atom is -0.374 e. The van der Waals surface area contributed by atoms with E-state index in [1.54, 1.807) is 0 Å². The Morgan fingerprint density at radius 3 is 2.87 bits per heavy atom. The summed E-state index contributed by atoms with van der Waals surface area (Å²) in [7, 11) is 4.15. The van der Waals surface area contributed by atoms with Crippen LogP contribution in [0.15, 0.2) is 18.2 Å². The summed E-state index contributed by atoms with van der Waals surface area (Å²) in [6.07, 6.45) is 0. The molecule has 2 atom stereocenters. The van der Waals surface area contributed by atoms with Crippen LogP contribution in [0, 0.1) is 5.92 Å². The van der Waals surface area contributed by atoms with Crippen LogP contribution in [0.4, 0.5) is 5.69 Å². The van der Waals surface area contributed by atoms with Crippen molar-refractivity contribution < 1.29 is 0 Å².